The Morgan fingerprint density at radius 2 is 1.25 bits per heavy atom. The van der Waals surface area contributed by atoms with Crippen molar-refractivity contribution in [2.24, 2.45) is 0 Å². The summed E-state index contributed by atoms with van der Waals surface area (Å²) in [6.07, 6.45) is 0. The van der Waals surface area contributed by atoms with E-state index < -0.39 is 0 Å². The van der Waals surface area contributed by atoms with E-state index in [0.717, 1.165) is 0 Å². The fourth-order valence-corrected chi connectivity index (χ4v) is 0. The van der Waals surface area contributed by atoms with Crippen LogP contribution in [-0.4, -0.2) is 65.5 Å². The molecule has 0 fully saturated rings. The van der Waals surface area contributed by atoms with Crippen molar-refractivity contribution in [1.82, 2.24) is 0 Å². The zero-order valence-corrected chi connectivity index (χ0v) is 8.92. The molecule has 4 heavy (non-hydrogen) atoms. The van der Waals surface area contributed by atoms with E-state index in [1.165, 1.54) is 0 Å². The quantitative estimate of drug-likeness (QED) is 0.295. The summed E-state index contributed by atoms with van der Waals surface area (Å²) in [5.74, 6) is 0. The molecule has 0 aliphatic rings. The van der Waals surface area contributed by atoms with Gasteiger partial charge in [-0.05, 0) is 0 Å². The molecule has 0 amide bonds. The van der Waals surface area contributed by atoms with Crippen molar-refractivity contribution in [2.75, 3.05) is 0 Å². The van der Waals surface area contributed by atoms with Crippen LogP contribution in [0, 0.1) is 0 Å². The first-order valence-corrected chi connectivity index (χ1v) is 17.5. The normalized spacial score (nSPS) is 4.00. The molecule has 0 unspecified atom stereocenters. The van der Waals surface area contributed by atoms with Crippen molar-refractivity contribution in [2.45, 2.75) is 0 Å². The van der Waals surface area contributed by atoms with Crippen LogP contribution in [0.5, 0.6) is 0 Å². The van der Waals surface area contributed by atoms with E-state index in [1.54, 1.807) is 10.8 Å². The first kappa shape index (κ1) is 9.68. The zero-order chi connectivity index (χ0) is 2.71. The maximum absolute atomic E-state index is 1.62. The third kappa shape index (κ3) is 8.82. The monoisotopic (exact) mass is 128 g/mol. The van der Waals surface area contributed by atoms with Gasteiger partial charge in [-0.25, -0.2) is 0 Å². The third-order valence-electron chi connectivity index (χ3n) is 0. The second kappa shape index (κ2) is 9.07. The van der Waals surface area contributed by atoms with Crippen LogP contribution in [0.25, 0.3) is 0 Å². The summed E-state index contributed by atoms with van der Waals surface area (Å²) >= 11 is 0.403. The molecule has 0 nitrogen and oxygen atoms in total. The van der Waals surface area contributed by atoms with Crippen LogP contribution in [-0.2, 0) is 0 Å². The Kier molecular flexibility index (Phi) is 22.0. The molecule has 0 N–H and O–H groups in total. The average molecular weight is 129 g/mol. The molecule has 0 aromatic carbocycles. The fourth-order valence-electron chi connectivity index (χ4n) is 0. The molecule has 20 valence electrons. The molecule has 0 aliphatic carbocycles. The molecular weight excluding hydrogens is 121 g/mol. The Hall–Kier alpha value is 2.46. The van der Waals surface area contributed by atoms with Gasteiger partial charge in [0.2, 0.25) is 0 Å². The van der Waals surface area contributed by atoms with Crippen molar-refractivity contribution >= 4 is 65.5 Å². The molecule has 0 atom stereocenters. The van der Waals surface area contributed by atoms with Gasteiger partial charge < -0.3 is 0 Å². The van der Waals surface area contributed by atoms with Crippen molar-refractivity contribution in [3.05, 3.63) is 0 Å². The van der Waals surface area contributed by atoms with Gasteiger partial charge in [0, 0.05) is 0 Å². The summed E-state index contributed by atoms with van der Waals surface area (Å²) in [4.78, 5) is 0. The molecular formula is H8CaMgSi2. The minimum absolute atomic E-state index is 0. The van der Waals surface area contributed by atoms with Gasteiger partial charge in [0.1, 0.15) is 0 Å². The Morgan fingerprint density at radius 1 is 1.25 bits per heavy atom. The van der Waals surface area contributed by atoms with Crippen LogP contribution in [0.2, 0.25) is 0 Å². The summed E-state index contributed by atoms with van der Waals surface area (Å²) in [5, 5.41) is 3.24. The summed E-state index contributed by atoms with van der Waals surface area (Å²) in [6.45, 7) is 0. The third-order valence-corrected chi connectivity index (χ3v) is 0. The van der Waals surface area contributed by atoms with Crippen LogP contribution in [0.4, 0.5) is 0 Å². The maximum atomic E-state index is 1.62. The molecule has 0 aromatic heterocycles. The first-order chi connectivity index (χ1) is 1.41. The van der Waals surface area contributed by atoms with Crippen molar-refractivity contribution < 1.29 is 0 Å². The molecule has 0 saturated carbocycles. The molecule has 0 saturated heterocycles. The van der Waals surface area contributed by atoms with E-state index in [2.05, 4.69) is 0 Å². The topological polar surface area (TPSA) is 0 Å². The van der Waals surface area contributed by atoms with Gasteiger partial charge in [0.15, 0.2) is 0 Å². The van der Waals surface area contributed by atoms with Gasteiger partial charge in [-0.15, -0.1) is 0 Å². The minimum atomic E-state index is 0. The summed E-state index contributed by atoms with van der Waals surface area (Å²) in [6, 6.07) is 0. The Morgan fingerprint density at radius 3 is 1.25 bits per heavy atom. The van der Waals surface area contributed by atoms with Crippen molar-refractivity contribution in [3.63, 3.8) is 0 Å². The predicted molar refractivity (Wildman–Crippen MR) is 34.2 cm³/mol. The van der Waals surface area contributed by atoms with Gasteiger partial charge in [-0.3, -0.25) is 0 Å². The van der Waals surface area contributed by atoms with Crippen molar-refractivity contribution in [3.8, 4) is 0 Å². The van der Waals surface area contributed by atoms with Gasteiger partial charge in [0.25, 0.3) is 0 Å². The van der Waals surface area contributed by atoms with Gasteiger partial charge in [-0.1, -0.05) is 0 Å². The summed E-state index contributed by atoms with van der Waals surface area (Å²) < 4.78 is 0. The number of rotatable bonds is 0. The Labute approximate surface area is 64.1 Å². The molecule has 4 heteroatoms. The van der Waals surface area contributed by atoms with E-state index in [0.29, 0.717) is 31.7 Å². The zero-order valence-electron chi connectivity index (χ0n) is 2.71. The van der Waals surface area contributed by atoms with E-state index in [4.69, 9.17) is 0 Å². The van der Waals surface area contributed by atoms with E-state index in [9.17, 15) is 0 Å². The van der Waals surface area contributed by atoms with E-state index >= 15 is 0 Å². The van der Waals surface area contributed by atoms with E-state index in [-0.39, 0.29) is 23.1 Å². The Balaban J connectivity index is 0. The molecule has 0 rings (SSSR count). The van der Waals surface area contributed by atoms with Crippen LogP contribution >= 0.6 is 0 Å². The summed E-state index contributed by atoms with van der Waals surface area (Å²) in [7, 11) is 0. The van der Waals surface area contributed by atoms with Crippen LogP contribution in [0.15, 0.2) is 0 Å². The standard InChI is InChI=1S/Ca.Mg.2H3Si.2H/h;;2*1H3;;. The fraction of sp³-hybridized carbons (Fsp3) is 0. The SMILES string of the molecule is [MgH2].[SiH3][Ca][SiH3]. The Bertz CT molecular complexity index is 6.00. The molecule has 0 heterocycles. The van der Waals surface area contributed by atoms with Crippen LogP contribution in [0.1, 0.15) is 0 Å². The second-order valence-corrected chi connectivity index (χ2v) is 26.2. The molecule has 0 aromatic rings. The molecule has 0 bridgehead atoms. The molecule has 0 radical (unpaired) electrons. The van der Waals surface area contributed by atoms with Crippen molar-refractivity contribution in [1.29, 1.82) is 0 Å². The predicted octanol–water partition coefficient (Wildman–Crippen LogP) is -3.66. The van der Waals surface area contributed by atoms with Crippen LogP contribution in [0.3, 0.4) is 0 Å². The van der Waals surface area contributed by atoms with E-state index in [1.807, 2.05) is 0 Å². The second-order valence-electron chi connectivity index (χ2n) is 0.707. The van der Waals surface area contributed by atoms with Gasteiger partial charge in [-0.2, -0.15) is 0 Å². The van der Waals surface area contributed by atoms with Crippen LogP contribution < -0.4 is 0 Å². The number of hydrogen-bond donors (Lipinski definition) is 0. The molecule has 0 aliphatic heterocycles. The average Bonchev–Trinajstić information content (AvgIpc) is 0.918. The van der Waals surface area contributed by atoms with Gasteiger partial charge >= 0.3 is 65.5 Å². The van der Waals surface area contributed by atoms with Gasteiger partial charge in [0.05, 0.1) is 0 Å². The first-order valence-electron chi connectivity index (χ1n) is 1.41. The number of hydrogen-bond acceptors (Lipinski definition) is 0. The summed E-state index contributed by atoms with van der Waals surface area (Å²) in [5.41, 5.74) is 0. The molecule has 0 spiro atoms.